The zero-order valence-electron chi connectivity index (χ0n) is 18.2. The van der Waals surface area contributed by atoms with Crippen LogP contribution in [0.1, 0.15) is 55.7 Å². The Morgan fingerprint density at radius 3 is 2.53 bits per heavy atom. The van der Waals surface area contributed by atoms with Crippen molar-refractivity contribution < 1.29 is 14.7 Å². The first-order valence-electron chi connectivity index (χ1n) is 10.7. The Labute approximate surface area is 196 Å². The number of hydrogen-bond donors (Lipinski definition) is 1. The van der Waals surface area contributed by atoms with E-state index in [-0.39, 0.29) is 30.0 Å². The highest BCUT2D eigenvalue weighted by Crippen LogP contribution is 2.36. The topological polar surface area (TPSA) is 107 Å². The van der Waals surface area contributed by atoms with E-state index in [1.54, 1.807) is 17.6 Å². The molecule has 32 heavy (non-hydrogen) atoms. The number of rotatable bonds is 7. The number of aliphatic carboxylic acids is 1. The van der Waals surface area contributed by atoms with Gasteiger partial charge in [0.25, 0.3) is 11.5 Å². The largest absolute Gasteiger partial charge is 0.481 e. The molecule has 2 saturated heterocycles. The minimum Gasteiger partial charge on any atom is -0.481 e. The summed E-state index contributed by atoms with van der Waals surface area (Å²) in [5, 5.41) is 18.6. The summed E-state index contributed by atoms with van der Waals surface area (Å²) >= 11 is 6.42. The van der Waals surface area contributed by atoms with Gasteiger partial charge in [0.15, 0.2) is 0 Å². The van der Waals surface area contributed by atoms with Gasteiger partial charge in [-0.25, -0.2) is 0 Å². The molecule has 0 aromatic carbocycles. The van der Waals surface area contributed by atoms with E-state index in [0.29, 0.717) is 26.9 Å². The molecule has 2 fully saturated rings. The summed E-state index contributed by atoms with van der Waals surface area (Å²) in [6.07, 6.45) is 5.39. The van der Waals surface area contributed by atoms with Gasteiger partial charge >= 0.3 is 5.97 Å². The van der Waals surface area contributed by atoms with E-state index < -0.39 is 5.97 Å². The second-order valence-electron chi connectivity index (χ2n) is 7.83. The molecule has 0 bridgehead atoms. The second-order valence-corrected chi connectivity index (χ2v) is 9.51. The molecule has 2 aliphatic heterocycles. The standard InChI is InChI=1S/C22H26N4O4S2/c1-3-8-25-19(24-9-5-4-6-10-24)15(14(2)16(13-23)20(25)29)12-17-21(30)26(22(31)32-17)11-7-18(27)28/h12H,3-11H2,1-2H3,(H,27,28)/b17-12+. The van der Waals surface area contributed by atoms with E-state index in [9.17, 15) is 19.6 Å². The van der Waals surface area contributed by atoms with Crippen LogP contribution in [0.25, 0.3) is 6.08 Å². The van der Waals surface area contributed by atoms with Crippen molar-refractivity contribution >= 4 is 52.1 Å². The molecule has 3 heterocycles. The van der Waals surface area contributed by atoms with Crippen LogP contribution in [0.2, 0.25) is 0 Å². The van der Waals surface area contributed by atoms with Crippen molar-refractivity contribution in [2.45, 2.75) is 52.5 Å². The van der Waals surface area contributed by atoms with Gasteiger partial charge in [0.1, 0.15) is 21.8 Å². The first-order valence-corrected chi connectivity index (χ1v) is 11.9. The Kier molecular flexibility index (Phi) is 7.74. The average Bonchev–Trinajstić information content (AvgIpc) is 3.03. The highest BCUT2D eigenvalue weighted by molar-refractivity contribution is 8.26. The molecule has 170 valence electrons. The number of aromatic nitrogens is 1. The van der Waals surface area contributed by atoms with Crippen LogP contribution in [-0.2, 0) is 16.1 Å². The van der Waals surface area contributed by atoms with Crippen molar-refractivity contribution in [1.29, 1.82) is 5.26 Å². The third-order valence-electron chi connectivity index (χ3n) is 5.65. The molecular weight excluding hydrogens is 448 g/mol. The molecule has 1 amide bonds. The SMILES string of the molecule is CCCn1c(N2CCCCC2)c(/C=C2/SC(=S)N(CCC(=O)O)C2=O)c(C)c(C#N)c1=O. The molecule has 0 saturated carbocycles. The molecule has 0 radical (unpaired) electrons. The molecule has 0 spiro atoms. The summed E-state index contributed by atoms with van der Waals surface area (Å²) < 4.78 is 1.97. The normalized spacial score (nSPS) is 17.8. The number of nitrogens with zero attached hydrogens (tertiary/aromatic N) is 4. The van der Waals surface area contributed by atoms with Crippen molar-refractivity contribution in [2.24, 2.45) is 0 Å². The third kappa shape index (κ3) is 4.74. The highest BCUT2D eigenvalue weighted by Gasteiger charge is 2.33. The molecule has 1 aromatic rings. The Morgan fingerprint density at radius 2 is 1.94 bits per heavy atom. The van der Waals surface area contributed by atoms with Crippen LogP contribution in [0.5, 0.6) is 0 Å². The van der Waals surface area contributed by atoms with Crippen LogP contribution in [0.4, 0.5) is 5.82 Å². The molecule has 0 atom stereocenters. The number of carbonyl (C=O) groups is 2. The number of thioether (sulfide) groups is 1. The summed E-state index contributed by atoms with van der Waals surface area (Å²) in [6.45, 7) is 5.80. The molecule has 0 unspecified atom stereocenters. The zero-order chi connectivity index (χ0) is 23.4. The lowest BCUT2D eigenvalue weighted by Gasteiger charge is -2.33. The number of carboxylic acids is 1. The molecule has 10 heteroatoms. The summed E-state index contributed by atoms with van der Waals surface area (Å²) in [4.78, 5) is 40.9. The monoisotopic (exact) mass is 474 g/mol. The van der Waals surface area contributed by atoms with Gasteiger partial charge in [-0.1, -0.05) is 30.9 Å². The number of anilines is 1. The van der Waals surface area contributed by atoms with E-state index in [1.165, 1.54) is 4.90 Å². The molecule has 8 nitrogen and oxygen atoms in total. The maximum Gasteiger partial charge on any atom is 0.305 e. The van der Waals surface area contributed by atoms with Crippen molar-refractivity contribution in [3.05, 3.63) is 31.9 Å². The summed E-state index contributed by atoms with van der Waals surface area (Å²) in [7, 11) is 0. The van der Waals surface area contributed by atoms with Gasteiger partial charge in [-0.05, 0) is 44.2 Å². The maximum atomic E-state index is 13.1. The second kappa shape index (κ2) is 10.3. The number of amides is 1. The number of carboxylic acid groups (broad SMARTS) is 1. The lowest BCUT2D eigenvalue weighted by Crippen LogP contribution is -2.37. The number of carbonyl (C=O) groups excluding carboxylic acids is 1. The number of nitriles is 1. The molecule has 3 rings (SSSR count). The molecule has 1 aromatic heterocycles. The van der Waals surface area contributed by atoms with Crippen LogP contribution in [-0.4, -0.2) is 50.4 Å². The molecule has 1 N–H and O–H groups in total. The Hall–Kier alpha value is -2.64. The summed E-state index contributed by atoms with van der Waals surface area (Å²) in [5.41, 5.74) is 0.988. The summed E-state index contributed by atoms with van der Waals surface area (Å²) in [6, 6.07) is 2.05. The van der Waals surface area contributed by atoms with Crippen LogP contribution >= 0.6 is 24.0 Å². The van der Waals surface area contributed by atoms with Crippen molar-refractivity contribution in [2.75, 3.05) is 24.5 Å². The van der Waals surface area contributed by atoms with Gasteiger partial charge in [-0.15, -0.1) is 0 Å². The van der Waals surface area contributed by atoms with Crippen LogP contribution < -0.4 is 10.5 Å². The fourth-order valence-corrected chi connectivity index (χ4v) is 5.34. The van der Waals surface area contributed by atoms with E-state index in [1.807, 2.05) is 13.0 Å². The van der Waals surface area contributed by atoms with Gasteiger partial charge in [-0.3, -0.25) is 23.9 Å². The fraction of sp³-hybridized carbons (Fsp3) is 0.500. The van der Waals surface area contributed by atoms with Gasteiger partial charge in [0, 0.05) is 31.7 Å². The Bertz CT molecular complexity index is 1080. The number of pyridine rings is 1. The van der Waals surface area contributed by atoms with Crippen molar-refractivity contribution in [3.8, 4) is 6.07 Å². The smallest absolute Gasteiger partial charge is 0.305 e. The molecular formula is C22H26N4O4S2. The molecule has 0 aliphatic carbocycles. The highest BCUT2D eigenvalue weighted by atomic mass is 32.2. The van der Waals surface area contributed by atoms with E-state index in [2.05, 4.69) is 4.90 Å². The predicted molar refractivity (Wildman–Crippen MR) is 129 cm³/mol. The number of thiocarbonyl (C=S) groups is 1. The average molecular weight is 475 g/mol. The van der Waals surface area contributed by atoms with Gasteiger partial charge in [0.2, 0.25) is 0 Å². The van der Waals surface area contributed by atoms with Crippen LogP contribution in [0.3, 0.4) is 0 Å². The minimum absolute atomic E-state index is 0.00802. The zero-order valence-corrected chi connectivity index (χ0v) is 19.9. The first kappa shape index (κ1) is 24.0. The first-order chi connectivity index (χ1) is 15.3. The molecule has 2 aliphatic rings. The lowest BCUT2D eigenvalue weighted by molar-refractivity contribution is -0.137. The summed E-state index contributed by atoms with van der Waals surface area (Å²) in [5.74, 6) is -0.614. The van der Waals surface area contributed by atoms with Gasteiger partial charge in [-0.2, -0.15) is 5.26 Å². The maximum absolute atomic E-state index is 13.1. The quantitative estimate of drug-likeness (QED) is 0.475. The van der Waals surface area contributed by atoms with Crippen LogP contribution in [0, 0.1) is 18.3 Å². The lowest BCUT2D eigenvalue weighted by atomic mass is 10.0. The number of piperidine rings is 1. The number of hydrogen-bond acceptors (Lipinski definition) is 7. The van der Waals surface area contributed by atoms with E-state index in [4.69, 9.17) is 17.3 Å². The fourth-order valence-electron chi connectivity index (χ4n) is 4.05. The van der Waals surface area contributed by atoms with Crippen LogP contribution in [0.15, 0.2) is 9.70 Å². The van der Waals surface area contributed by atoms with Gasteiger partial charge in [0.05, 0.1) is 11.3 Å². The Morgan fingerprint density at radius 1 is 1.25 bits per heavy atom. The third-order valence-corrected chi connectivity index (χ3v) is 7.03. The van der Waals surface area contributed by atoms with Crippen molar-refractivity contribution in [3.63, 3.8) is 0 Å². The van der Waals surface area contributed by atoms with E-state index >= 15 is 0 Å². The van der Waals surface area contributed by atoms with Crippen molar-refractivity contribution in [1.82, 2.24) is 9.47 Å². The predicted octanol–water partition coefficient (Wildman–Crippen LogP) is 3.10. The minimum atomic E-state index is -1.00. The van der Waals surface area contributed by atoms with Gasteiger partial charge < -0.3 is 10.0 Å². The Balaban J connectivity index is 2.16. The van der Waals surface area contributed by atoms with E-state index in [0.717, 1.165) is 56.4 Å².